The molecule has 0 amide bonds. The van der Waals surface area contributed by atoms with Crippen LogP contribution < -0.4 is 0 Å². The van der Waals surface area contributed by atoms with Crippen molar-refractivity contribution in [2.75, 3.05) is 0 Å². The van der Waals surface area contributed by atoms with Crippen LogP contribution in [0.2, 0.25) is 0 Å². The number of aromatic amines is 2. The van der Waals surface area contributed by atoms with Crippen LogP contribution in [0, 0.1) is 0 Å². The number of H-pyrrole nitrogens is 2. The Morgan fingerprint density at radius 1 is 0.897 bits per heavy atom. The number of aromatic nitrogens is 7. The molecule has 0 spiro atoms. The van der Waals surface area contributed by atoms with Gasteiger partial charge >= 0.3 is 0 Å². The topological polar surface area (TPSA) is 109 Å². The minimum Gasteiger partial charge on any atom is -0.472 e. The number of pyridine rings is 3. The third-order valence-electron chi connectivity index (χ3n) is 4.81. The van der Waals surface area contributed by atoms with Crippen LogP contribution in [0.15, 0.2) is 71.9 Å². The van der Waals surface area contributed by atoms with Gasteiger partial charge in [0, 0.05) is 35.3 Å². The van der Waals surface area contributed by atoms with E-state index in [4.69, 9.17) is 14.4 Å². The summed E-state index contributed by atoms with van der Waals surface area (Å²) in [6, 6.07) is 11.6. The van der Waals surface area contributed by atoms with Crippen molar-refractivity contribution < 1.29 is 4.42 Å². The molecule has 0 atom stereocenters. The van der Waals surface area contributed by atoms with Gasteiger partial charge in [-0.3, -0.25) is 10.1 Å². The van der Waals surface area contributed by atoms with Crippen LogP contribution in [-0.4, -0.2) is 35.1 Å². The van der Waals surface area contributed by atoms with E-state index in [1.807, 2.05) is 36.4 Å². The van der Waals surface area contributed by atoms with Gasteiger partial charge in [-0.1, -0.05) is 0 Å². The first-order chi connectivity index (χ1) is 14.4. The highest BCUT2D eigenvalue weighted by molar-refractivity contribution is 5.94. The Balaban J connectivity index is 1.53. The highest BCUT2D eigenvalue weighted by atomic mass is 16.3. The maximum atomic E-state index is 5.22. The molecule has 138 valence electrons. The number of imidazole rings is 1. The molecule has 0 fully saturated rings. The first-order valence-corrected chi connectivity index (χ1v) is 9.00. The summed E-state index contributed by atoms with van der Waals surface area (Å²) in [6.07, 6.45) is 8.60. The average Bonchev–Trinajstić information content (AvgIpc) is 3.52. The zero-order valence-electron chi connectivity index (χ0n) is 15.0. The molecule has 0 radical (unpaired) electrons. The fraction of sp³-hybridized carbons (Fsp3) is 0. The van der Waals surface area contributed by atoms with Crippen molar-refractivity contribution in [2.24, 2.45) is 0 Å². The lowest BCUT2D eigenvalue weighted by Gasteiger charge is -2.00. The monoisotopic (exact) mass is 379 g/mol. The molecule has 29 heavy (non-hydrogen) atoms. The molecule has 0 aliphatic carbocycles. The van der Waals surface area contributed by atoms with E-state index in [0.29, 0.717) is 17.2 Å². The van der Waals surface area contributed by atoms with E-state index in [1.54, 1.807) is 31.1 Å². The first kappa shape index (κ1) is 15.7. The summed E-state index contributed by atoms with van der Waals surface area (Å²) in [5.74, 6) is 0.602. The smallest absolute Gasteiger partial charge is 0.162 e. The summed E-state index contributed by atoms with van der Waals surface area (Å²) in [4.78, 5) is 21.4. The van der Waals surface area contributed by atoms with Gasteiger partial charge in [-0.25, -0.2) is 15.0 Å². The molecule has 0 aromatic carbocycles. The average molecular weight is 379 g/mol. The number of nitrogens with zero attached hydrogens (tertiary/aromatic N) is 5. The van der Waals surface area contributed by atoms with E-state index < -0.39 is 0 Å². The van der Waals surface area contributed by atoms with E-state index in [9.17, 15) is 0 Å². The first-order valence-electron chi connectivity index (χ1n) is 9.00. The molecule has 6 aromatic rings. The Bertz CT molecular complexity index is 1450. The Hall–Kier alpha value is -4.33. The summed E-state index contributed by atoms with van der Waals surface area (Å²) >= 11 is 0. The standard InChI is InChI=1S/C21H13N7O/c1-2-12(10-22-7-1)15-3-4-16-18(24-15)19(28-27-16)21-25-17-14(13-6-9-29-11-13)5-8-23-20(17)26-21/h1-11H,(H,27,28)(H,23,25,26). The summed E-state index contributed by atoms with van der Waals surface area (Å²) in [6.45, 7) is 0. The van der Waals surface area contributed by atoms with E-state index >= 15 is 0 Å². The number of hydrogen-bond donors (Lipinski definition) is 2. The van der Waals surface area contributed by atoms with Crippen molar-refractivity contribution in [3.05, 3.63) is 67.5 Å². The van der Waals surface area contributed by atoms with Gasteiger partial charge in [-0.05, 0) is 36.4 Å². The number of fused-ring (bicyclic) bond motifs is 2. The normalized spacial score (nSPS) is 11.4. The summed E-state index contributed by atoms with van der Waals surface area (Å²) in [5, 5.41) is 7.47. The molecule has 6 aromatic heterocycles. The molecule has 0 aliphatic rings. The molecule has 0 bridgehead atoms. The van der Waals surface area contributed by atoms with Gasteiger partial charge in [0.1, 0.15) is 11.0 Å². The molecule has 0 aliphatic heterocycles. The van der Waals surface area contributed by atoms with E-state index in [-0.39, 0.29) is 0 Å². The summed E-state index contributed by atoms with van der Waals surface area (Å²) < 4.78 is 5.22. The van der Waals surface area contributed by atoms with Crippen LogP contribution in [0.4, 0.5) is 0 Å². The lowest BCUT2D eigenvalue weighted by atomic mass is 10.1. The third-order valence-corrected chi connectivity index (χ3v) is 4.81. The van der Waals surface area contributed by atoms with Crippen LogP contribution in [0.5, 0.6) is 0 Å². The van der Waals surface area contributed by atoms with Gasteiger partial charge in [0.25, 0.3) is 0 Å². The van der Waals surface area contributed by atoms with Gasteiger partial charge in [0.05, 0.1) is 23.7 Å². The third kappa shape index (κ3) is 2.50. The van der Waals surface area contributed by atoms with Gasteiger partial charge < -0.3 is 9.40 Å². The number of furan rings is 1. The number of rotatable bonds is 3. The lowest BCUT2D eigenvalue weighted by Crippen LogP contribution is -1.87. The van der Waals surface area contributed by atoms with Crippen molar-refractivity contribution in [1.29, 1.82) is 0 Å². The highest BCUT2D eigenvalue weighted by Crippen LogP contribution is 2.31. The molecular formula is C21H13N7O. The SMILES string of the molecule is c1cncc(-c2ccc3[nH]nc(-c4nc5c(-c6ccoc6)ccnc5[nH]4)c3n2)c1. The van der Waals surface area contributed by atoms with E-state index in [1.165, 1.54) is 0 Å². The summed E-state index contributed by atoms with van der Waals surface area (Å²) in [7, 11) is 0. The van der Waals surface area contributed by atoms with Crippen molar-refractivity contribution in [2.45, 2.75) is 0 Å². The van der Waals surface area contributed by atoms with Gasteiger partial charge in [0.15, 0.2) is 17.2 Å². The van der Waals surface area contributed by atoms with Gasteiger partial charge in [0.2, 0.25) is 0 Å². The van der Waals surface area contributed by atoms with E-state index in [0.717, 1.165) is 38.9 Å². The molecule has 0 unspecified atom stereocenters. The maximum Gasteiger partial charge on any atom is 0.162 e. The van der Waals surface area contributed by atoms with Gasteiger partial charge in [-0.2, -0.15) is 5.10 Å². The minimum absolute atomic E-state index is 0.602. The largest absolute Gasteiger partial charge is 0.472 e. The molecule has 6 rings (SSSR count). The van der Waals surface area contributed by atoms with Crippen molar-refractivity contribution in [3.63, 3.8) is 0 Å². The summed E-state index contributed by atoms with van der Waals surface area (Å²) in [5.41, 5.74) is 7.28. The second-order valence-electron chi connectivity index (χ2n) is 6.56. The molecule has 0 saturated carbocycles. The van der Waals surface area contributed by atoms with Gasteiger partial charge in [-0.15, -0.1) is 0 Å². The zero-order valence-corrected chi connectivity index (χ0v) is 15.0. The number of nitrogens with one attached hydrogen (secondary N) is 2. The highest BCUT2D eigenvalue weighted by Gasteiger charge is 2.17. The molecule has 8 heteroatoms. The Labute approximate surface area is 163 Å². The molecule has 6 heterocycles. The van der Waals surface area contributed by atoms with Crippen LogP contribution in [-0.2, 0) is 0 Å². The quantitative estimate of drug-likeness (QED) is 0.476. The fourth-order valence-corrected chi connectivity index (χ4v) is 3.41. The van der Waals surface area contributed by atoms with E-state index in [2.05, 4.69) is 25.1 Å². The van der Waals surface area contributed by atoms with Crippen LogP contribution in [0.25, 0.3) is 56.1 Å². The van der Waals surface area contributed by atoms with Crippen LogP contribution in [0.3, 0.4) is 0 Å². The molecular weight excluding hydrogens is 366 g/mol. The number of hydrogen-bond acceptors (Lipinski definition) is 6. The lowest BCUT2D eigenvalue weighted by molar-refractivity contribution is 0.568. The van der Waals surface area contributed by atoms with Crippen molar-refractivity contribution in [1.82, 2.24) is 35.1 Å². The van der Waals surface area contributed by atoms with Crippen LogP contribution >= 0.6 is 0 Å². The zero-order chi connectivity index (χ0) is 19.2. The maximum absolute atomic E-state index is 5.22. The molecule has 0 saturated heterocycles. The fourth-order valence-electron chi connectivity index (χ4n) is 3.41. The van der Waals surface area contributed by atoms with Crippen molar-refractivity contribution >= 4 is 22.2 Å². The second-order valence-corrected chi connectivity index (χ2v) is 6.56. The molecule has 2 N–H and O–H groups in total. The van der Waals surface area contributed by atoms with Crippen molar-refractivity contribution in [3.8, 4) is 33.9 Å². The Morgan fingerprint density at radius 2 is 1.90 bits per heavy atom. The Morgan fingerprint density at radius 3 is 2.76 bits per heavy atom. The Kier molecular flexibility index (Phi) is 3.30. The molecule has 8 nitrogen and oxygen atoms in total. The predicted molar refractivity (Wildman–Crippen MR) is 108 cm³/mol. The van der Waals surface area contributed by atoms with Crippen LogP contribution in [0.1, 0.15) is 0 Å². The predicted octanol–water partition coefficient (Wildman–Crippen LogP) is 4.22. The minimum atomic E-state index is 0.602. The second kappa shape index (κ2) is 6.10.